The third kappa shape index (κ3) is 3.85. The van der Waals surface area contributed by atoms with Gasteiger partial charge in [0.05, 0.1) is 7.11 Å². The number of ketones is 1. The zero-order valence-electron chi connectivity index (χ0n) is 13.8. The zero-order valence-corrected chi connectivity index (χ0v) is 14.6. The number of nitrogens with zero attached hydrogens (tertiary/aromatic N) is 1. The lowest BCUT2D eigenvalue weighted by Gasteiger charge is -2.24. The van der Waals surface area contributed by atoms with Gasteiger partial charge in [0.2, 0.25) is 10.0 Å². The quantitative estimate of drug-likeness (QED) is 0.606. The number of hydrogen-bond donors (Lipinski definition) is 2. The van der Waals surface area contributed by atoms with Gasteiger partial charge in [0.15, 0.2) is 11.0 Å². The van der Waals surface area contributed by atoms with E-state index in [0.29, 0.717) is 6.54 Å². The lowest BCUT2D eigenvalue weighted by atomic mass is 10.0. The van der Waals surface area contributed by atoms with Gasteiger partial charge in [-0.25, -0.2) is 13.6 Å². The maximum absolute atomic E-state index is 12.4. The maximum atomic E-state index is 12.4. The topological polar surface area (TPSA) is 119 Å². The van der Waals surface area contributed by atoms with E-state index in [1.165, 1.54) is 13.2 Å². The Kier molecular flexibility index (Phi) is 5.79. The Labute approximate surface area is 141 Å². The molecule has 1 aliphatic heterocycles. The first-order valence-corrected chi connectivity index (χ1v) is 9.45. The van der Waals surface area contributed by atoms with Gasteiger partial charge in [-0.1, -0.05) is 13.0 Å². The minimum Gasteiger partial charge on any atom is -0.496 e. The van der Waals surface area contributed by atoms with Crippen LogP contribution in [0.25, 0.3) is 0 Å². The number of amides is 1. The van der Waals surface area contributed by atoms with Crippen molar-refractivity contribution < 1.29 is 22.7 Å². The molecule has 0 radical (unpaired) electrons. The molecule has 2 rings (SSSR count). The molecule has 3 N–H and O–H groups in total. The van der Waals surface area contributed by atoms with E-state index in [9.17, 15) is 18.0 Å². The van der Waals surface area contributed by atoms with Crippen molar-refractivity contribution in [2.45, 2.75) is 31.1 Å². The predicted octanol–water partition coefficient (Wildman–Crippen LogP) is -0.717. The molecule has 0 aromatic heterocycles. The van der Waals surface area contributed by atoms with Gasteiger partial charge in [0.1, 0.15) is 11.3 Å². The molecule has 0 saturated carbocycles. The number of primary sulfonamides is 1. The number of allylic oxidation sites excluding steroid dienone is 1. The Morgan fingerprint density at radius 3 is 2.79 bits per heavy atom. The first-order chi connectivity index (χ1) is 11.3. The van der Waals surface area contributed by atoms with Crippen LogP contribution in [-0.4, -0.2) is 63.0 Å². The number of likely N-dealkylation sites (N-methyl/N-ethyl adjacent to an activating group) is 1. The SMILES string of the molecule is CCN1CCCC1CNC(=O)C1=C(OC)C=CC(S(N)(=O)=O)C1=O. The Balaban J connectivity index is 2.14. The predicted molar refractivity (Wildman–Crippen MR) is 88.4 cm³/mol. The Morgan fingerprint density at radius 2 is 2.21 bits per heavy atom. The van der Waals surface area contributed by atoms with Crippen LogP contribution >= 0.6 is 0 Å². The van der Waals surface area contributed by atoms with Gasteiger partial charge in [0.25, 0.3) is 5.91 Å². The van der Waals surface area contributed by atoms with Crippen LogP contribution in [0.15, 0.2) is 23.5 Å². The molecule has 2 aliphatic rings. The van der Waals surface area contributed by atoms with Crippen molar-refractivity contribution in [1.29, 1.82) is 0 Å². The van der Waals surface area contributed by atoms with Gasteiger partial charge in [-0.15, -0.1) is 0 Å². The van der Waals surface area contributed by atoms with Gasteiger partial charge < -0.3 is 10.1 Å². The van der Waals surface area contributed by atoms with Crippen LogP contribution in [0.2, 0.25) is 0 Å². The summed E-state index contributed by atoms with van der Waals surface area (Å²) in [7, 11) is -2.82. The van der Waals surface area contributed by atoms with Gasteiger partial charge in [-0.05, 0) is 32.0 Å². The van der Waals surface area contributed by atoms with E-state index in [4.69, 9.17) is 9.88 Å². The fourth-order valence-electron chi connectivity index (χ4n) is 3.10. The number of sulfonamides is 1. The van der Waals surface area contributed by atoms with Gasteiger partial charge in [0, 0.05) is 12.6 Å². The average molecular weight is 357 g/mol. The molecule has 8 nitrogen and oxygen atoms in total. The van der Waals surface area contributed by atoms with Gasteiger partial charge in [-0.3, -0.25) is 14.5 Å². The largest absolute Gasteiger partial charge is 0.496 e. The van der Waals surface area contributed by atoms with Crippen LogP contribution in [0.3, 0.4) is 0 Å². The van der Waals surface area contributed by atoms with E-state index in [-0.39, 0.29) is 17.4 Å². The van der Waals surface area contributed by atoms with Crippen molar-refractivity contribution in [3.63, 3.8) is 0 Å². The minimum absolute atomic E-state index is 0.0381. The van der Waals surface area contributed by atoms with Crippen LogP contribution in [0.4, 0.5) is 0 Å². The molecule has 1 heterocycles. The summed E-state index contributed by atoms with van der Waals surface area (Å²) in [5.74, 6) is -1.47. The van der Waals surface area contributed by atoms with Crippen LogP contribution < -0.4 is 10.5 Å². The van der Waals surface area contributed by atoms with E-state index < -0.39 is 27.0 Å². The molecule has 1 amide bonds. The highest BCUT2D eigenvalue weighted by molar-refractivity contribution is 7.90. The van der Waals surface area contributed by atoms with Crippen molar-refractivity contribution in [3.8, 4) is 0 Å². The highest BCUT2D eigenvalue weighted by Gasteiger charge is 2.38. The number of Topliss-reactive ketones (excluding diaryl/α,β-unsaturated/α-hetero) is 1. The standard InChI is InChI=1S/C15H23N3O5S/c1-3-18-8-4-5-10(18)9-17-15(20)13-11(23-2)6-7-12(14(13)19)24(16,21)22/h6-7,10,12H,3-5,8-9H2,1-2H3,(H,17,20)(H2,16,21,22). The summed E-state index contributed by atoms with van der Waals surface area (Å²) in [5.41, 5.74) is -0.305. The van der Waals surface area contributed by atoms with Crippen molar-refractivity contribution in [2.75, 3.05) is 26.7 Å². The number of nitrogens with one attached hydrogen (secondary N) is 1. The number of methoxy groups -OCH3 is 1. The van der Waals surface area contributed by atoms with E-state index in [2.05, 4.69) is 17.1 Å². The maximum Gasteiger partial charge on any atom is 0.258 e. The third-order valence-electron chi connectivity index (χ3n) is 4.38. The summed E-state index contributed by atoms with van der Waals surface area (Å²) in [5, 5.41) is 6.21. The number of rotatable bonds is 6. The molecule has 2 atom stereocenters. The molecular weight excluding hydrogens is 334 g/mol. The van der Waals surface area contributed by atoms with E-state index in [0.717, 1.165) is 32.0 Å². The fraction of sp³-hybridized carbons (Fsp3) is 0.600. The highest BCUT2D eigenvalue weighted by Crippen LogP contribution is 2.21. The van der Waals surface area contributed by atoms with Crippen molar-refractivity contribution in [2.24, 2.45) is 5.14 Å². The zero-order chi connectivity index (χ0) is 17.9. The van der Waals surface area contributed by atoms with Crippen molar-refractivity contribution >= 4 is 21.7 Å². The number of ether oxygens (including phenoxy) is 1. The number of nitrogens with two attached hydrogens (primary N) is 1. The monoisotopic (exact) mass is 357 g/mol. The molecular formula is C15H23N3O5S. The van der Waals surface area contributed by atoms with Crippen LogP contribution in [0.1, 0.15) is 19.8 Å². The smallest absolute Gasteiger partial charge is 0.258 e. The lowest BCUT2D eigenvalue weighted by molar-refractivity contribution is -0.122. The fourth-order valence-corrected chi connectivity index (χ4v) is 3.82. The summed E-state index contributed by atoms with van der Waals surface area (Å²) < 4.78 is 28.1. The Bertz CT molecular complexity index is 683. The third-order valence-corrected chi connectivity index (χ3v) is 5.46. The Hall–Kier alpha value is -1.71. The second-order valence-electron chi connectivity index (χ2n) is 5.81. The van der Waals surface area contributed by atoms with Gasteiger partial charge in [-0.2, -0.15) is 0 Å². The first kappa shape index (κ1) is 18.6. The number of carbonyl (C=O) groups excluding carboxylic acids is 2. The number of hydrogen-bond acceptors (Lipinski definition) is 6. The molecule has 24 heavy (non-hydrogen) atoms. The van der Waals surface area contributed by atoms with Crippen molar-refractivity contribution in [3.05, 3.63) is 23.5 Å². The number of carbonyl (C=O) groups is 2. The lowest BCUT2D eigenvalue weighted by Crippen LogP contribution is -2.44. The molecule has 0 aromatic rings. The van der Waals surface area contributed by atoms with Crippen molar-refractivity contribution in [1.82, 2.24) is 10.2 Å². The van der Waals surface area contributed by atoms with E-state index >= 15 is 0 Å². The normalized spacial score (nSPS) is 25.2. The molecule has 134 valence electrons. The van der Waals surface area contributed by atoms with E-state index in [1.807, 2.05) is 0 Å². The molecule has 0 bridgehead atoms. The Morgan fingerprint density at radius 1 is 1.50 bits per heavy atom. The molecule has 1 aliphatic carbocycles. The first-order valence-electron chi connectivity index (χ1n) is 7.84. The second kappa shape index (κ2) is 7.45. The molecule has 1 saturated heterocycles. The average Bonchev–Trinajstić information content (AvgIpc) is 2.98. The second-order valence-corrected chi connectivity index (χ2v) is 7.50. The van der Waals surface area contributed by atoms with Crippen LogP contribution in [0, 0.1) is 0 Å². The van der Waals surface area contributed by atoms with Crippen LogP contribution in [0.5, 0.6) is 0 Å². The minimum atomic E-state index is -4.13. The summed E-state index contributed by atoms with van der Waals surface area (Å²) >= 11 is 0. The molecule has 0 aromatic carbocycles. The summed E-state index contributed by atoms with van der Waals surface area (Å²) in [4.78, 5) is 27.1. The van der Waals surface area contributed by atoms with Gasteiger partial charge >= 0.3 is 0 Å². The van der Waals surface area contributed by atoms with Crippen LogP contribution in [-0.2, 0) is 24.3 Å². The van der Waals surface area contributed by atoms with E-state index in [1.54, 1.807) is 0 Å². The molecule has 0 spiro atoms. The number of likely N-dealkylation sites (tertiary alicyclic amines) is 1. The molecule has 1 fully saturated rings. The highest BCUT2D eigenvalue weighted by atomic mass is 32.2. The summed E-state index contributed by atoms with van der Waals surface area (Å²) in [6.45, 7) is 4.32. The molecule has 9 heteroatoms. The molecule has 2 unspecified atom stereocenters. The summed E-state index contributed by atoms with van der Waals surface area (Å²) in [6.07, 6.45) is 4.45. The summed E-state index contributed by atoms with van der Waals surface area (Å²) in [6, 6.07) is 0.216.